The number of anilines is 1. The number of nitrogens with zero attached hydrogens (tertiary/aromatic N) is 1. The van der Waals surface area contributed by atoms with Gasteiger partial charge in [-0.1, -0.05) is 48.0 Å². The normalized spacial score (nSPS) is 13.0. The smallest absolute Gasteiger partial charge is 0.384 e. The van der Waals surface area contributed by atoms with Crippen molar-refractivity contribution in [2.75, 3.05) is 5.73 Å². The average Bonchev–Trinajstić information content (AvgIpc) is 2.84. The lowest BCUT2D eigenvalue weighted by Gasteiger charge is -2.21. The topological polar surface area (TPSA) is 123 Å². The van der Waals surface area contributed by atoms with Crippen LogP contribution in [-0.4, -0.2) is 28.9 Å². The fourth-order valence-corrected chi connectivity index (χ4v) is 3.54. The molecule has 0 aliphatic heterocycles. The summed E-state index contributed by atoms with van der Waals surface area (Å²) in [5, 5.41) is 5.79. The molecular weight excluding hydrogens is 495 g/mol. The van der Waals surface area contributed by atoms with Gasteiger partial charge in [-0.3, -0.25) is 9.59 Å². The molecule has 0 saturated carbocycles. The van der Waals surface area contributed by atoms with Gasteiger partial charge in [-0.15, -0.1) is 0 Å². The van der Waals surface area contributed by atoms with Crippen molar-refractivity contribution < 1.29 is 22.8 Å². The molecule has 7 nitrogen and oxygen atoms in total. The lowest BCUT2D eigenvalue weighted by atomic mass is 10.0. The summed E-state index contributed by atoms with van der Waals surface area (Å²) in [6.07, 6.45) is -3.05. The van der Waals surface area contributed by atoms with E-state index in [-0.39, 0.29) is 24.9 Å². The second-order valence-corrected chi connectivity index (χ2v) is 8.65. The fraction of sp³-hybridized carbons (Fsp3) is 0.240. The summed E-state index contributed by atoms with van der Waals surface area (Å²) < 4.78 is 39.5. The summed E-state index contributed by atoms with van der Waals surface area (Å²) in [6.45, 7) is 0.0813. The van der Waals surface area contributed by atoms with Gasteiger partial charge in [0.15, 0.2) is 0 Å². The summed E-state index contributed by atoms with van der Waals surface area (Å²) in [5.74, 6) is -0.892. The molecule has 2 atom stereocenters. The van der Waals surface area contributed by atoms with Gasteiger partial charge in [0, 0.05) is 24.2 Å². The Morgan fingerprint density at radius 2 is 1.64 bits per heavy atom. The van der Waals surface area contributed by atoms with Crippen molar-refractivity contribution in [2.24, 2.45) is 5.73 Å². The number of carbonyl (C=O) groups excluding carboxylic acids is 2. The number of halogens is 4. The molecular formula is C25H25ClF3N5O2. The van der Waals surface area contributed by atoms with Crippen molar-refractivity contribution in [3.63, 3.8) is 0 Å². The quantitative estimate of drug-likeness (QED) is 0.345. The molecule has 3 rings (SSSR count). The predicted octanol–water partition coefficient (Wildman–Crippen LogP) is 3.25. The Morgan fingerprint density at radius 1 is 0.944 bits per heavy atom. The number of hydrogen-bond acceptors (Lipinski definition) is 5. The van der Waals surface area contributed by atoms with E-state index in [0.29, 0.717) is 16.4 Å². The van der Waals surface area contributed by atoms with Gasteiger partial charge in [0.1, 0.15) is 11.9 Å². The number of carbonyl (C=O) groups is 2. The van der Waals surface area contributed by atoms with Crippen LogP contribution in [-0.2, 0) is 35.2 Å². The summed E-state index contributed by atoms with van der Waals surface area (Å²) in [6, 6.07) is 12.5. The van der Waals surface area contributed by atoms with Gasteiger partial charge >= 0.3 is 6.18 Å². The van der Waals surface area contributed by atoms with Crippen LogP contribution in [0.3, 0.4) is 0 Å². The Bertz CT molecular complexity index is 1190. The minimum absolute atomic E-state index is 0.0813. The van der Waals surface area contributed by atoms with Gasteiger partial charge in [0.05, 0.1) is 11.6 Å². The molecule has 1 heterocycles. The second kappa shape index (κ2) is 11.9. The first-order valence-electron chi connectivity index (χ1n) is 11.0. The Hall–Kier alpha value is -3.63. The van der Waals surface area contributed by atoms with Gasteiger partial charge < -0.3 is 22.1 Å². The maximum absolute atomic E-state index is 13.2. The molecule has 0 aliphatic rings. The number of aromatic nitrogens is 1. The second-order valence-electron chi connectivity index (χ2n) is 8.21. The summed E-state index contributed by atoms with van der Waals surface area (Å²) in [5.41, 5.74) is 12.4. The van der Waals surface area contributed by atoms with E-state index >= 15 is 0 Å². The SMILES string of the molecule is Nc1ccc(CNC(=O)[C@H](Cc2cccc(C(F)(F)F)c2)NC(=O)[C@H](N)Cc2ccc(Cl)cc2)cn1. The molecule has 190 valence electrons. The highest BCUT2D eigenvalue weighted by molar-refractivity contribution is 6.30. The molecule has 0 unspecified atom stereocenters. The summed E-state index contributed by atoms with van der Waals surface area (Å²) in [7, 11) is 0. The van der Waals surface area contributed by atoms with Crippen molar-refractivity contribution in [1.29, 1.82) is 0 Å². The summed E-state index contributed by atoms with van der Waals surface area (Å²) in [4.78, 5) is 29.7. The van der Waals surface area contributed by atoms with Crippen LogP contribution in [0, 0.1) is 0 Å². The minimum atomic E-state index is -4.54. The number of benzene rings is 2. The van der Waals surface area contributed by atoms with Crippen LogP contribution in [0.25, 0.3) is 0 Å². The van der Waals surface area contributed by atoms with Crippen molar-refractivity contribution in [3.8, 4) is 0 Å². The Morgan fingerprint density at radius 3 is 2.28 bits per heavy atom. The lowest BCUT2D eigenvalue weighted by molar-refractivity contribution is -0.137. The first-order chi connectivity index (χ1) is 17.0. The molecule has 3 aromatic rings. The van der Waals surface area contributed by atoms with E-state index in [1.54, 1.807) is 36.4 Å². The maximum atomic E-state index is 13.2. The molecule has 0 spiro atoms. The molecule has 0 radical (unpaired) electrons. The van der Waals surface area contributed by atoms with E-state index in [0.717, 1.165) is 17.7 Å². The van der Waals surface area contributed by atoms with Crippen LogP contribution < -0.4 is 22.1 Å². The highest BCUT2D eigenvalue weighted by atomic mass is 35.5. The standard InChI is InChI=1S/C25H25ClF3N5O2/c26-19-7-4-15(5-8-19)11-20(30)23(35)34-21(12-16-2-1-3-18(10-16)25(27,28)29)24(36)33-14-17-6-9-22(31)32-13-17/h1-10,13,20-21H,11-12,14,30H2,(H2,31,32)(H,33,36)(H,34,35)/t20-,21+/m1/s1. The number of pyridine rings is 1. The number of nitrogens with two attached hydrogens (primary N) is 2. The zero-order valence-electron chi connectivity index (χ0n) is 19.1. The third kappa shape index (κ3) is 7.96. The minimum Gasteiger partial charge on any atom is -0.384 e. The third-order valence-corrected chi connectivity index (χ3v) is 5.60. The van der Waals surface area contributed by atoms with Crippen LogP contribution >= 0.6 is 11.6 Å². The largest absolute Gasteiger partial charge is 0.416 e. The molecule has 0 fully saturated rings. The predicted molar refractivity (Wildman–Crippen MR) is 131 cm³/mol. The Kier molecular flexibility index (Phi) is 8.89. The van der Waals surface area contributed by atoms with Gasteiger partial charge in [-0.05, 0) is 47.4 Å². The Balaban J connectivity index is 1.74. The van der Waals surface area contributed by atoms with Crippen LogP contribution in [0.5, 0.6) is 0 Å². The molecule has 36 heavy (non-hydrogen) atoms. The van der Waals surface area contributed by atoms with E-state index in [1.165, 1.54) is 18.3 Å². The molecule has 0 aliphatic carbocycles. The zero-order chi connectivity index (χ0) is 26.3. The van der Waals surface area contributed by atoms with E-state index in [2.05, 4.69) is 15.6 Å². The van der Waals surface area contributed by atoms with Crippen LogP contribution in [0.2, 0.25) is 5.02 Å². The van der Waals surface area contributed by atoms with Gasteiger partial charge in [0.2, 0.25) is 11.8 Å². The van der Waals surface area contributed by atoms with Crippen molar-refractivity contribution in [3.05, 3.63) is 94.1 Å². The number of hydrogen-bond donors (Lipinski definition) is 4. The van der Waals surface area contributed by atoms with Crippen LogP contribution in [0.15, 0.2) is 66.9 Å². The molecule has 6 N–H and O–H groups in total. The zero-order valence-corrected chi connectivity index (χ0v) is 19.8. The van der Waals surface area contributed by atoms with Crippen molar-refractivity contribution in [2.45, 2.75) is 37.6 Å². The van der Waals surface area contributed by atoms with Gasteiger partial charge in [0.25, 0.3) is 0 Å². The van der Waals surface area contributed by atoms with Crippen LogP contribution in [0.4, 0.5) is 19.0 Å². The van der Waals surface area contributed by atoms with E-state index in [4.69, 9.17) is 23.1 Å². The monoisotopic (exact) mass is 519 g/mol. The molecule has 1 aromatic heterocycles. The molecule has 0 saturated heterocycles. The molecule has 0 bridgehead atoms. The average molecular weight is 520 g/mol. The fourth-order valence-electron chi connectivity index (χ4n) is 3.42. The number of amides is 2. The number of rotatable bonds is 9. The first-order valence-corrected chi connectivity index (χ1v) is 11.3. The number of nitrogen functional groups attached to an aromatic ring is 1. The number of alkyl halides is 3. The van der Waals surface area contributed by atoms with E-state index in [9.17, 15) is 22.8 Å². The Labute approximate surface area is 211 Å². The third-order valence-electron chi connectivity index (χ3n) is 5.35. The molecule has 2 aromatic carbocycles. The molecule has 11 heteroatoms. The van der Waals surface area contributed by atoms with Crippen molar-refractivity contribution >= 4 is 29.2 Å². The molecule has 2 amide bonds. The van der Waals surface area contributed by atoms with E-state index in [1.807, 2.05) is 0 Å². The lowest BCUT2D eigenvalue weighted by Crippen LogP contribution is -2.53. The summed E-state index contributed by atoms with van der Waals surface area (Å²) >= 11 is 5.88. The number of nitrogens with one attached hydrogen (secondary N) is 2. The highest BCUT2D eigenvalue weighted by Gasteiger charge is 2.31. The van der Waals surface area contributed by atoms with Gasteiger partial charge in [-0.25, -0.2) is 4.98 Å². The maximum Gasteiger partial charge on any atom is 0.416 e. The van der Waals surface area contributed by atoms with Crippen molar-refractivity contribution in [1.82, 2.24) is 15.6 Å². The highest BCUT2D eigenvalue weighted by Crippen LogP contribution is 2.29. The van der Waals surface area contributed by atoms with Crippen LogP contribution in [0.1, 0.15) is 22.3 Å². The van der Waals surface area contributed by atoms with Gasteiger partial charge in [-0.2, -0.15) is 13.2 Å². The van der Waals surface area contributed by atoms with E-state index < -0.39 is 35.6 Å². The first kappa shape index (κ1) is 27.0.